The summed E-state index contributed by atoms with van der Waals surface area (Å²) in [6, 6.07) is 9.76. The Morgan fingerprint density at radius 2 is 1.93 bits per heavy atom. The zero-order valence-corrected chi connectivity index (χ0v) is 8.65. The minimum atomic E-state index is -0.410. The van der Waals surface area contributed by atoms with Gasteiger partial charge in [-0.05, 0) is 12.0 Å². The number of nitrogens with two attached hydrogens (primary N) is 2. The number of hydrogen-bond acceptors (Lipinski definition) is 3. The summed E-state index contributed by atoms with van der Waals surface area (Å²) in [6.07, 6.45) is 0.484. The van der Waals surface area contributed by atoms with E-state index in [0.29, 0.717) is 19.4 Å². The average molecular weight is 207 g/mol. The van der Waals surface area contributed by atoms with Crippen LogP contribution in [0.3, 0.4) is 0 Å². The van der Waals surface area contributed by atoms with Crippen LogP contribution in [0.2, 0.25) is 0 Å². The molecule has 0 aromatic heterocycles. The molecule has 1 aromatic rings. The van der Waals surface area contributed by atoms with Gasteiger partial charge in [-0.25, -0.2) is 0 Å². The van der Waals surface area contributed by atoms with Crippen molar-refractivity contribution >= 4 is 5.91 Å². The SMILES string of the molecule is NC(N)CCC(=O)NCc1ccccc1. The first kappa shape index (κ1) is 11.7. The maximum Gasteiger partial charge on any atom is 0.220 e. The second kappa shape index (κ2) is 6.16. The summed E-state index contributed by atoms with van der Waals surface area (Å²) in [5, 5.41) is 2.80. The molecule has 0 unspecified atom stereocenters. The smallest absolute Gasteiger partial charge is 0.220 e. The normalized spacial score (nSPS) is 10.3. The Morgan fingerprint density at radius 1 is 1.27 bits per heavy atom. The number of rotatable bonds is 5. The van der Waals surface area contributed by atoms with Crippen LogP contribution >= 0.6 is 0 Å². The molecule has 15 heavy (non-hydrogen) atoms. The molecule has 0 heterocycles. The van der Waals surface area contributed by atoms with Gasteiger partial charge in [0.1, 0.15) is 0 Å². The number of carbonyl (C=O) groups is 1. The largest absolute Gasteiger partial charge is 0.352 e. The standard InChI is InChI=1S/C11H17N3O/c12-10(13)6-7-11(15)14-8-9-4-2-1-3-5-9/h1-5,10H,6-8,12-13H2,(H,14,15). The van der Waals surface area contributed by atoms with Gasteiger partial charge >= 0.3 is 0 Å². The molecule has 0 aliphatic carbocycles. The molecule has 4 nitrogen and oxygen atoms in total. The molecule has 5 N–H and O–H groups in total. The summed E-state index contributed by atoms with van der Waals surface area (Å²) in [6.45, 7) is 0.555. The van der Waals surface area contributed by atoms with Crippen molar-refractivity contribution < 1.29 is 4.79 Å². The number of amides is 1. The van der Waals surface area contributed by atoms with Gasteiger partial charge in [0.2, 0.25) is 5.91 Å². The van der Waals surface area contributed by atoms with Crippen molar-refractivity contribution in [2.75, 3.05) is 0 Å². The highest BCUT2D eigenvalue weighted by atomic mass is 16.1. The molecule has 0 bridgehead atoms. The molecule has 0 atom stereocenters. The maximum atomic E-state index is 11.3. The van der Waals surface area contributed by atoms with Crippen LogP contribution in [-0.2, 0) is 11.3 Å². The fourth-order valence-electron chi connectivity index (χ4n) is 1.18. The lowest BCUT2D eigenvalue weighted by molar-refractivity contribution is -0.121. The zero-order valence-electron chi connectivity index (χ0n) is 8.65. The van der Waals surface area contributed by atoms with Crippen molar-refractivity contribution in [1.82, 2.24) is 5.32 Å². The van der Waals surface area contributed by atoms with E-state index in [2.05, 4.69) is 5.32 Å². The first-order chi connectivity index (χ1) is 7.18. The summed E-state index contributed by atoms with van der Waals surface area (Å²) in [4.78, 5) is 11.3. The van der Waals surface area contributed by atoms with Crippen molar-refractivity contribution in [3.8, 4) is 0 Å². The molecule has 4 heteroatoms. The Kier molecular flexibility index (Phi) is 4.80. The van der Waals surface area contributed by atoms with Crippen LogP contribution in [0.5, 0.6) is 0 Å². The minimum Gasteiger partial charge on any atom is -0.352 e. The highest BCUT2D eigenvalue weighted by Crippen LogP contribution is 1.98. The third kappa shape index (κ3) is 5.15. The second-order valence-corrected chi connectivity index (χ2v) is 3.46. The molecule has 82 valence electrons. The topological polar surface area (TPSA) is 81.1 Å². The molecule has 0 fully saturated rings. The van der Waals surface area contributed by atoms with Crippen LogP contribution in [0.25, 0.3) is 0 Å². The molecular formula is C11H17N3O. The maximum absolute atomic E-state index is 11.3. The van der Waals surface area contributed by atoms with Gasteiger partial charge in [0.15, 0.2) is 0 Å². The molecule has 0 radical (unpaired) electrons. The van der Waals surface area contributed by atoms with E-state index in [1.807, 2.05) is 30.3 Å². The van der Waals surface area contributed by atoms with Gasteiger partial charge in [-0.2, -0.15) is 0 Å². The van der Waals surface area contributed by atoms with E-state index >= 15 is 0 Å². The summed E-state index contributed by atoms with van der Waals surface area (Å²) >= 11 is 0. The molecule has 0 aliphatic heterocycles. The average Bonchev–Trinajstić information content (AvgIpc) is 2.25. The summed E-state index contributed by atoms with van der Waals surface area (Å²) in [5.74, 6) is -0.0141. The van der Waals surface area contributed by atoms with Crippen LogP contribution in [-0.4, -0.2) is 12.1 Å². The highest BCUT2D eigenvalue weighted by Gasteiger charge is 2.02. The molecule has 0 saturated heterocycles. The first-order valence-corrected chi connectivity index (χ1v) is 5.00. The van der Waals surface area contributed by atoms with E-state index < -0.39 is 6.17 Å². The molecule has 0 saturated carbocycles. The first-order valence-electron chi connectivity index (χ1n) is 5.00. The Bertz CT molecular complexity index is 298. The number of benzene rings is 1. The van der Waals surface area contributed by atoms with Gasteiger partial charge in [-0.3, -0.25) is 4.79 Å². The predicted octanol–water partition coefficient (Wildman–Crippen LogP) is 0.327. The molecule has 1 amide bonds. The second-order valence-electron chi connectivity index (χ2n) is 3.46. The summed E-state index contributed by atoms with van der Waals surface area (Å²) in [7, 11) is 0. The fourth-order valence-corrected chi connectivity index (χ4v) is 1.18. The van der Waals surface area contributed by atoms with E-state index in [1.54, 1.807) is 0 Å². The Balaban J connectivity index is 2.23. The number of carbonyl (C=O) groups excluding carboxylic acids is 1. The monoisotopic (exact) mass is 207 g/mol. The van der Waals surface area contributed by atoms with E-state index in [1.165, 1.54) is 0 Å². The van der Waals surface area contributed by atoms with Crippen molar-refractivity contribution in [1.29, 1.82) is 0 Å². The van der Waals surface area contributed by atoms with Crippen LogP contribution in [0, 0.1) is 0 Å². The Hall–Kier alpha value is -1.39. The molecule has 1 aromatic carbocycles. The predicted molar refractivity (Wildman–Crippen MR) is 59.7 cm³/mol. The Labute approximate surface area is 89.6 Å². The van der Waals surface area contributed by atoms with Crippen LogP contribution in [0.15, 0.2) is 30.3 Å². The van der Waals surface area contributed by atoms with E-state index in [-0.39, 0.29) is 5.91 Å². The molecular weight excluding hydrogens is 190 g/mol. The van der Waals surface area contributed by atoms with Crippen LogP contribution < -0.4 is 16.8 Å². The van der Waals surface area contributed by atoms with E-state index in [9.17, 15) is 4.79 Å². The van der Waals surface area contributed by atoms with E-state index in [0.717, 1.165) is 5.56 Å². The van der Waals surface area contributed by atoms with Crippen LogP contribution in [0.4, 0.5) is 0 Å². The third-order valence-corrected chi connectivity index (χ3v) is 2.04. The summed E-state index contributed by atoms with van der Waals surface area (Å²) in [5.41, 5.74) is 11.8. The van der Waals surface area contributed by atoms with Gasteiger partial charge in [0.05, 0.1) is 6.17 Å². The lowest BCUT2D eigenvalue weighted by Gasteiger charge is -2.06. The van der Waals surface area contributed by atoms with Gasteiger partial charge in [-0.15, -0.1) is 0 Å². The van der Waals surface area contributed by atoms with Crippen molar-refractivity contribution in [3.05, 3.63) is 35.9 Å². The fraction of sp³-hybridized carbons (Fsp3) is 0.364. The lowest BCUT2D eigenvalue weighted by atomic mass is 10.2. The van der Waals surface area contributed by atoms with Gasteiger partial charge in [-0.1, -0.05) is 30.3 Å². The highest BCUT2D eigenvalue weighted by molar-refractivity contribution is 5.75. The van der Waals surface area contributed by atoms with Gasteiger partial charge in [0.25, 0.3) is 0 Å². The molecule has 0 spiro atoms. The molecule has 1 rings (SSSR count). The third-order valence-electron chi connectivity index (χ3n) is 2.04. The lowest BCUT2D eigenvalue weighted by Crippen LogP contribution is -2.32. The van der Waals surface area contributed by atoms with Gasteiger partial charge in [0, 0.05) is 13.0 Å². The van der Waals surface area contributed by atoms with Crippen LogP contribution in [0.1, 0.15) is 18.4 Å². The minimum absolute atomic E-state index is 0.0141. The van der Waals surface area contributed by atoms with Crippen molar-refractivity contribution in [2.45, 2.75) is 25.6 Å². The number of hydrogen-bond donors (Lipinski definition) is 3. The quantitative estimate of drug-likeness (QED) is 0.608. The van der Waals surface area contributed by atoms with E-state index in [4.69, 9.17) is 11.5 Å². The molecule has 0 aliphatic rings. The Morgan fingerprint density at radius 3 is 2.53 bits per heavy atom. The van der Waals surface area contributed by atoms with Crippen molar-refractivity contribution in [2.24, 2.45) is 11.5 Å². The zero-order chi connectivity index (χ0) is 11.1. The number of nitrogens with one attached hydrogen (secondary N) is 1. The van der Waals surface area contributed by atoms with Crippen molar-refractivity contribution in [3.63, 3.8) is 0 Å². The van der Waals surface area contributed by atoms with Gasteiger partial charge < -0.3 is 16.8 Å². The summed E-state index contributed by atoms with van der Waals surface area (Å²) < 4.78 is 0.